The minimum absolute atomic E-state index is 0.284. The van der Waals surface area contributed by atoms with Crippen molar-refractivity contribution in [2.75, 3.05) is 0 Å². The number of hydrogen-bond acceptors (Lipinski definition) is 0. The monoisotopic (exact) mass is 352 g/mol. The van der Waals surface area contributed by atoms with Crippen molar-refractivity contribution in [3.63, 3.8) is 0 Å². The fraction of sp³-hybridized carbons (Fsp3) is 0.333. The summed E-state index contributed by atoms with van der Waals surface area (Å²) in [6.07, 6.45) is 9.24. The third kappa shape index (κ3) is 4.12. The van der Waals surface area contributed by atoms with E-state index in [1.54, 1.807) is 18.2 Å². The number of rotatable bonds is 6. The van der Waals surface area contributed by atoms with Crippen LogP contribution in [0.4, 0.5) is 8.78 Å². The number of allylic oxidation sites excluding steroid dienone is 2. The normalized spacial score (nSPS) is 21.3. The Balaban J connectivity index is 1.76. The fourth-order valence-corrected chi connectivity index (χ4v) is 3.90. The van der Waals surface area contributed by atoms with Gasteiger partial charge >= 0.3 is 0 Å². The van der Waals surface area contributed by atoms with Gasteiger partial charge in [0.15, 0.2) is 5.83 Å². The van der Waals surface area contributed by atoms with Crippen molar-refractivity contribution in [2.24, 2.45) is 11.8 Å². The Morgan fingerprint density at radius 3 is 2.35 bits per heavy atom. The Labute approximate surface area is 154 Å². The Morgan fingerprint density at radius 1 is 0.962 bits per heavy atom. The van der Waals surface area contributed by atoms with Crippen molar-refractivity contribution >= 4 is 22.7 Å². The van der Waals surface area contributed by atoms with Crippen LogP contribution in [-0.4, -0.2) is 0 Å². The largest absolute Gasteiger partial charge is 0.208 e. The number of fused-ring (bicyclic) bond motifs is 1. The molecule has 0 atom stereocenters. The molecule has 136 valence electrons. The molecular formula is C24H26F2. The lowest BCUT2D eigenvalue weighted by Gasteiger charge is -2.27. The zero-order chi connectivity index (χ0) is 18.5. The van der Waals surface area contributed by atoms with E-state index in [-0.39, 0.29) is 5.92 Å². The molecule has 2 aromatic rings. The summed E-state index contributed by atoms with van der Waals surface area (Å²) in [5, 5.41) is 1.91. The smallest absolute Gasteiger partial charge is 0.162 e. The highest BCUT2D eigenvalue weighted by Crippen LogP contribution is 2.39. The van der Waals surface area contributed by atoms with Gasteiger partial charge in [0.2, 0.25) is 0 Å². The maximum atomic E-state index is 14.8. The van der Waals surface area contributed by atoms with Crippen LogP contribution in [0.25, 0.3) is 22.7 Å². The van der Waals surface area contributed by atoms with Gasteiger partial charge in [-0.2, -0.15) is 0 Å². The molecule has 1 fully saturated rings. The molecule has 1 saturated carbocycles. The molecule has 2 aromatic carbocycles. The van der Waals surface area contributed by atoms with Crippen LogP contribution in [0.2, 0.25) is 0 Å². The second-order valence-electron chi connectivity index (χ2n) is 7.27. The van der Waals surface area contributed by atoms with Crippen molar-refractivity contribution in [3.05, 3.63) is 72.6 Å². The van der Waals surface area contributed by atoms with Gasteiger partial charge in [-0.3, -0.25) is 0 Å². The molecule has 1 aliphatic carbocycles. The molecule has 0 radical (unpaired) electrons. The van der Waals surface area contributed by atoms with Gasteiger partial charge in [-0.15, -0.1) is 6.58 Å². The summed E-state index contributed by atoms with van der Waals surface area (Å²) in [5.74, 6) is -0.933. The number of hydrogen-bond donors (Lipinski definition) is 0. The van der Waals surface area contributed by atoms with Crippen LogP contribution in [0.5, 0.6) is 0 Å². The molecule has 0 spiro atoms. The van der Waals surface area contributed by atoms with Gasteiger partial charge in [0.05, 0.1) is 0 Å². The Morgan fingerprint density at radius 2 is 1.65 bits per heavy atom. The standard InChI is InChI=1S/C24H26F2/c1-3-5-6-18-8-10-19(11-9-18)23(25)24(26)22-14-13-20-15-17(4-2)7-12-21(20)16-22/h3-4,7,12-16,18-19H,1-2,5-6,8-11H2. The minimum Gasteiger partial charge on any atom is -0.208 e. The molecule has 3 rings (SSSR count). The molecule has 1 aliphatic rings. The molecule has 26 heavy (non-hydrogen) atoms. The van der Waals surface area contributed by atoms with Gasteiger partial charge in [0.25, 0.3) is 0 Å². The van der Waals surface area contributed by atoms with Crippen molar-refractivity contribution in [2.45, 2.75) is 38.5 Å². The summed E-state index contributed by atoms with van der Waals surface area (Å²) >= 11 is 0. The first kappa shape index (κ1) is 18.6. The van der Waals surface area contributed by atoms with E-state index >= 15 is 0 Å². The summed E-state index contributed by atoms with van der Waals surface area (Å²) in [7, 11) is 0. The van der Waals surface area contributed by atoms with E-state index in [0.29, 0.717) is 11.5 Å². The van der Waals surface area contributed by atoms with Crippen molar-refractivity contribution in [3.8, 4) is 0 Å². The molecular weight excluding hydrogens is 326 g/mol. The summed E-state index contributed by atoms with van der Waals surface area (Å²) in [6.45, 7) is 7.51. The van der Waals surface area contributed by atoms with E-state index in [0.717, 1.165) is 54.9 Å². The second kappa shape index (κ2) is 8.44. The second-order valence-corrected chi connectivity index (χ2v) is 7.27. The average Bonchev–Trinajstić information content (AvgIpc) is 2.70. The molecule has 0 amide bonds. The summed E-state index contributed by atoms with van der Waals surface area (Å²) in [4.78, 5) is 0. The molecule has 0 N–H and O–H groups in total. The highest BCUT2D eigenvalue weighted by molar-refractivity contribution is 5.87. The van der Waals surface area contributed by atoms with Crippen LogP contribution >= 0.6 is 0 Å². The average molecular weight is 352 g/mol. The molecule has 0 saturated heterocycles. The zero-order valence-electron chi connectivity index (χ0n) is 15.2. The first-order chi connectivity index (χ1) is 12.6. The molecule has 2 heteroatoms. The van der Waals surface area contributed by atoms with Crippen molar-refractivity contribution < 1.29 is 8.78 Å². The van der Waals surface area contributed by atoms with Crippen LogP contribution in [-0.2, 0) is 0 Å². The van der Waals surface area contributed by atoms with E-state index < -0.39 is 11.7 Å². The lowest BCUT2D eigenvalue weighted by Crippen LogP contribution is -2.15. The maximum Gasteiger partial charge on any atom is 0.162 e. The highest BCUT2D eigenvalue weighted by Gasteiger charge is 2.26. The lowest BCUT2D eigenvalue weighted by atomic mass is 9.79. The summed E-state index contributed by atoms with van der Waals surface area (Å²) < 4.78 is 29.5. The van der Waals surface area contributed by atoms with Crippen LogP contribution < -0.4 is 0 Å². The van der Waals surface area contributed by atoms with Crippen LogP contribution in [0.1, 0.15) is 49.7 Å². The van der Waals surface area contributed by atoms with Gasteiger partial charge in [-0.1, -0.05) is 43.0 Å². The van der Waals surface area contributed by atoms with Gasteiger partial charge in [-0.25, -0.2) is 8.78 Å². The molecule has 0 aromatic heterocycles. The predicted molar refractivity (Wildman–Crippen MR) is 108 cm³/mol. The Hall–Kier alpha value is -2.22. The number of halogens is 2. The van der Waals surface area contributed by atoms with Crippen LogP contribution in [0.3, 0.4) is 0 Å². The van der Waals surface area contributed by atoms with E-state index in [4.69, 9.17) is 0 Å². The first-order valence-electron chi connectivity index (χ1n) is 9.45. The van der Waals surface area contributed by atoms with Gasteiger partial charge in [-0.05, 0) is 72.9 Å². The van der Waals surface area contributed by atoms with Crippen LogP contribution in [0, 0.1) is 11.8 Å². The summed E-state index contributed by atoms with van der Waals surface area (Å²) in [5.41, 5.74) is 1.34. The summed E-state index contributed by atoms with van der Waals surface area (Å²) in [6, 6.07) is 11.1. The van der Waals surface area contributed by atoms with Crippen LogP contribution in [0.15, 0.2) is 61.5 Å². The fourth-order valence-electron chi connectivity index (χ4n) is 3.90. The quantitative estimate of drug-likeness (QED) is 0.464. The van der Waals surface area contributed by atoms with E-state index in [9.17, 15) is 8.78 Å². The Kier molecular flexibility index (Phi) is 6.03. The minimum atomic E-state index is -0.700. The molecule has 0 nitrogen and oxygen atoms in total. The molecule has 0 unspecified atom stereocenters. The SMILES string of the molecule is C=CCCC1CCC(C(F)=C(F)c2ccc3cc(C=C)ccc3c2)CC1. The topological polar surface area (TPSA) is 0 Å². The van der Waals surface area contributed by atoms with Gasteiger partial charge in [0.1, 0.15) is 5.83 Å². The maximum absolute atomic E-state index is 14.8. The van der Waals surface area contributed by atoms with Gasteiger partial charge in [0, 0.05) is 11.5 Å². The van der Waals surface area contributed by atoms with Crippen molar-refractivity contribution in [1.29, 1.82) is 0 Å². The van der Waals surface area contributed by atoms with E-state index in [2.05, 4.69) is 13.2 Å². The molecule has 0 aliphatic heterocycles. The first-order valence-corrected chi connectivity index (χ1v) is 9.45. The third-order valence-corrected chi connectivity index (χ3v) is 5.55. The van der Waals surface area contributed by atoms with E-state index in [1.807, 2.05) is 30.3 Å². The van der Waals surface area contributed by atoms with E-state index in [1.165, 1.54) is 0 Å². The molecule has 0 heterocycles. The third-order valence-electron chi connectivity index (χ3n) is 5.55. The zero-order valence-corrected chi connectivity index (χ0v) is 15.2. The molecule has 0 bridgehead atoms. The Bertz CT molecular complexity index is 823. The van der Waals surface area contributed by atoms with Crippen molar-refractivity contribution in [1.82, 2.24) is 0 Å². The lowest BCUT2D eigenvalue weighted by molar-refractivity contribution is 0.263. The predicted octanol–water partition coefficient (Wildman–Crippen LogP) is 7.86. The highest BCUT2D eigenvalue weighted by atomic mass is 19.2. The van der Waals surface area contributed by atoms with Gasteiger partial charge < -0.3 is 0 Å². The number of benzene rings is 2.